The van der Waals surface area contributed by atoms with E-state index < -0.39 is 0 Å². The minimum atomic E-state index is 0.304. The molecular formula is C18H25NS. The normalized spacial score (nSPS) is 14.2. The fourth-order valence-electron chi connectivity index (χ4n) is 2.47. The summed E-state index contributed by atoms with van der Waals surface area (Å²) >= 11 is 1.89. The first-order valence-corrected chi connectivity index (χ1v) is 8.22. The number of hydrogen-bond donors (Lipinski definition) is 1. The molecule has 0 aliphatic heterocycles. The largest absolute Gasteiger partial charge is 0.309 e. The molecule has 2 rings (SSSR count). The van der Waals surface area contributed by atoms with Crippen LogP contribution in [0.3, 0.4) is 0 Å². The molecule has 20 heavy (non-hydrogen) atoms. The standard InChI is InChI=1S/C18H25NS/c1-6-12(2)15-7-9-16(10-8-15)18(19-5)17-11-13(3)14(4)20-17/h7-12,18-19H,6H2,1-5H3. The Morgan fingerprint density at radius 1 is 1.10 bits per heavy atom. The molecule has 0 aliphatic rings. The average molecular weight is 287 g/mol. The Balaban J connectivity index is 2.28. The zero-order valence-corrected chi connectivity index (χ0v) is 14.0. The zero-order valence-electron chi connectivity index (χ0n) is 13.2. The second-order valence-corrected chi connectivity index (χ2v) is 6.87. The smallest absolute Gasteiger partial charge is 0.0668 e. The van der Waals surface area contributed by atoms with Crippen molar-refractivity contribution in [2.24, 2.45) is 0 Å². The van der Waals surface area contributed by atoms with E-state index in [4.69, 9.17) is 0 Å². The van der Waals surface area contributed by atoms with Gasteiger partial charge in [0.1, 0.15) is 0 Å². The van der Waals surface area contributed by atoms with Crippen molar-refractivity contribution in [2.75, 3.05) is 7.05 Å². The lowest BCUT2D eigenvalue weighted by atomic mass is 9.95. The van der Waals surface area contributed by atoms with Gasteiger partial charge in [-0.2, -0.15) is 0 Å². The third kappa shape index (κ3) is 3.13. The molecule has 0 fully saturated rings. The van der Waals surface area contributed by atoms with Crippen LogP contribution in [0.25, 0.3) is 0 Å². The van der Waals surface area contributed by atoms with Crippen molar-refractivity contribution >= 4 is 11.3 Å². The van der Waals surface area contributed by atoms with Crippen LogP contribution in [0.15, 0.2) is 30.3 Å². The van der Waals surface area contributed by atoms with Gasteiger partial charge < -0.3 is 5.32 Å². The summed E-state index contributed by atoms with van der Waals surface area (Å²) in [6, 6.07) is 11.7. The molecule has 1 heterocycles. The van der Waals surface area contributed by atoms with Gasteiger partial charge in [-0.05, 0) is 56.0 Å². The van der Waals surface area contributed by atoms with Gasteiger partial charge in [-0.25, -0.2) is 0 Å². The van der Waals surface area contributed by atoms with Crippen LogP contribution in [0.4, 0.5) is 0 Å². The Bertz CT molecular complexity index is 534. The van der Waals surface area contributed by atoms with Gasteiger partial charge in [0.2, 0.25) is 0 Å². The van der Waals surface area contributed by atoms with Crippen LogP contribution in [0.5, 0.6) is 0 Å². The molecule has 2 heteroatoms. The molecule has 0 aliphatic carbocycles. The Kier molecular flexibility index (Phi) is 5.00. The molecule has 0 amide bonds. The van der Waals surface area contributed by atoms with Crippen LogP contribution < -0.4 is 5.32 Å². The van der Waals surface area contributed by atoms with E-state index in [0.717, 1.165) is 0 Å². The first-order chi connectivity index (χ1) is 9.56. The van der Waals surface area contributed by atoms with E-state index >= 15 is 0 Å². The minimum absolute atomic E-state index is 0.304. The van der Waals surface area contributed by atoms with Gasteiger partial charge in [0, 0.05) is 9.75 Å². The topological polar surface area (TPSA) is 12.0 Å². The average Bonchev–Trinajstić information content (AvgIpc) is 2.79. The fraction of sp³-hybridized carbons (Fsp3) is 0.444. The van der Waals surface area contributed by atoms with Crippen molar-refractivity contribution in [1.29, 1.82) is 0 Å². The van der Waals surface area contributed by atoms with E-state index in [-0.39, 0.29) is 0 Å². The monoisotopic (exact) mass is 287 g/mol. The molecule has 0 spiro atoms. The minimum Gasteiger partial charge on any atom is -0.309 e. The van der Waals surface area contributed by atoms with Gasteiger partial charge in [-0.3, -0.25) is 0 Å². The molecule has 0 saturated heterocycles. The summed E-state index contributed by atoms with van der Waals surface area (Å²) in [5.74, 6) is 0.642. The molecule has 2 aromatic rings. The molecule has 1 aromatic heterocycles. The summed E-state index contributed by atoms with van der Waals surface area (Å²) in [6.07, 6.45) is 1.19. The van der Waals surface area contributed by atoms with Crippen LogP contribution in [0.1, 0.15) is 58.7 Å². The van der Waals surface area contributed by atoms with Crippen molar-refractivity contribution < 1.29 is 0 Å². The summed E-state index contributed by atoms with van der Waals surface area (Å²) in [5.41, 5.74) is 4.17. The van der Waals surface area contributed by atoms with Crippen molar-refractivity contribution in [1.82, 2.24) is 5.32 Å². The molecule has 2 unspecified atom stereocenters. The molecule has 0 radical (unpaired) electrons. The number of rotatable bonds is 5. The van der Waals surface area contributed by atoms with Crippen LogP contribution in [-0.2, 0) is 0 Å². The number of aryl methyl sites for hydroxylation is 2. The molecule has 1 nitrogen and oxygen atoms in total. The van der Waals surface area contributed by atoms with Gasteiger partial charge in [0.05, 0.1) is 6.04 Å². The fourth-order valence-corrected chi connectivity index (χ4v) is 3.65. The summed E-state index contributed by atoms with van der Waals surface area (Å²) in [6.45, 7) is 8.92. The maximum atomic E-state index is 3.45. The number of benzene rings is 1. The van der Waals surface area contributed by atoms with E-state index in [0.29, 0.717) is 12.0 Å². The third-order valence-corrected chi connectivity index (χ3v) is 5.43. The number of nitrogens with one attached hydrogen (secondary N) is 1. The van der Waals surface area contributed by atoms with Gasteiger partial charge >= 0.3 is 0 Å². The highest BCUT2D eigenvalue weighted by Crippen LogP contribution is 2.31. The van der Waals surface area contributed by atoms with Gasteiger partial charge in [-0.1, -0.05) is 38.1 Å². The Hall–Kier alpha value is -1.12. The zero-order chi connectivity index (χ0) is 14.7. The van der Waals surface area contributed by atoms with E-state index in [1.165, 1.54) is 32.9 Å². The van der Waals surface area contributed by atoms with Gasteiger partial charge in [-0.15, -0.1) is 11.3 Å². The Labute approximate surface area is 127 Å². The van der Waals surface area contributed by atoms with Crippen LogP contribution >= 0.6 is 11.3 Å². The van der Waals surface area contributed by atoms with E-state index in [9.17, 15) is 0 Å². The summed E-state index contributed by atoms with van der Waals surface area (Å²) in [5, 5.41) is 3.45. The lowest BCUT2D eigenvalue weighted by Gasteiger charge is -2.17. The highest BCUT2D eigenvalue weighted by Gasteiger charge is 2.15. The Morgan fingerprint density at radius 3 is 2.15 bits per heavy atom. The SMILES string of the molecule is CCC(C)c1ccc(C(NC)c2cc(C)c(C)s2)cc1. The van der Waals surface area contributed by atoms with Gasteiger partial charge in [0.25, 0.3) is 0 Å². The van der Waals surface area contributed by atoms with Crippen LogP contribution in [0.2, 0.25) is 0 Å². The molecule has 1 aromatic carbocycles. The van der Waals surface area contributed by atoms with Crippen molar-refractivity contribution in [3.63, 3.8) is 0 Å². The molecule has 1 N–H and O–H groups in total. The molecule has 108 valence electrons. The number of thiophene rings is 1. The predicted molar refractivity (Wildman–Crippen MR) is 89.8 cm³/mol. The van der Waals surface area contributed by atoms with Crippen molar-refractivity contribution in [3.05, 3.63) is 56.8 Å². The van der Waals surface area contributed by atoms with E-state index in [1.54, 1.807) is 0 Å². The highest BCUT2D eigenvalue weighted by atomic mass is 32.1. The van der Waals surface area contributed by atoms with Crippen molar-refractivity contribution in [2.45, 2.75) is 46.1 Å². The van der Waals surface area contributed by atoms with Crippen molar-refractivity contribution in [3.8, 4) is 0 Å². The molecule has 0 saturated carbocycles. The molecule has 0 bridgehead atoms. The summed E-state index contributed by atoms with van der Waals surface area (Å²) < 4.78 is 0. The quantitative estimate of drug-likeness (QED) is 0.798. The molecular weight excluding hydrogens is 262 g/mol. The second kappa shape index (κ2) is 6.55. The third-order valence-electron chi connectivity index (χ3n) is 4.21. The van der Waals surface area contributed by atoms with Crippen LogP contribution in [0, 0.1) is 13.8 Å². The first kappa shape index (κ1) is 15.3. The summed E-state index contributed by atoms with van der Waals surface area (Å²) in [4.78, 5) is 2.82. The Morgan fingerprint density at radius 2 is 1.70 bits per heavy atom. The highest BCUT2D eigenvalue weighted by molar-refractivity contribution is 7.12. The van der Waals surface area contributed by atoms with Gasteiger partial charge in [0.15, 0.2) is 0 Å². The molecule has 2 atom stereocenters. The van der Waals surface area contributed by atoms with E-state index in [1.807, 2.05) is 18.4 Å². The van der Waals surface area contributed by atoms with E-state index in [2.05, 4.69) is 63.3 Å². The maximum Gasteiger partial charge on any atom is 0.0668 e. The maximum absolute atomic E-state index is 3.45. The first-order valence-electron chi connectivity index (χ1n) is 7.40. The summed E-state index contributed by atoms with van der Waals surface area (Å²) in [7, 11) is 2.04. The lowest BCUT2D eigenvalue weighted by molar-refractivity contribution is 0.699. The number of hydrogen-bond acceptors (Lipinski definition) is 2. The van der Waals surface area contributed by atoms with Crippen LogP contribution in [-0.4, -0.2) is 7.05 Å². The lowest BCUT2D eigenvalue weighted by Crippen LogP contribution is -2.16. The second-order valence-electron chi connectivity index (χ2n) is 5.59. The predicted octanol–water partition coefficient (Wildman–Crippen LogP) is 5.19.